The maximum atomic E-state index is 13.0. The molecule has 0 atom stereocenters. The predicted octanol–water partition coefficient (Wildman–Crippen LogP) is 3.35. The first kappa shape index (κ1) is 23.4. The number of hydrogen-bond acceptors (Lipinski definition) is 7. The van der Waals surface area contributed by atoms with Crippen molar-refractivity contribution in [3.63, 3.8) is 0 Å². The van der Waals surface area contributed by atoms with Crippen LogP contribution in [0.3, 0.4) is 0 Å². The number of nitrogens with one attached hydrogen (secondary N) is 2. The molecule has 0 aliphatic carbocycles. The van der Waals surface area contributed by atoms with Crippen LogP contribution >= 0.6 is 0 Å². The van der Waals surface area contributed by atoms with E-state index in [1.807, 2.05) is 0 Å². The lowest BCUT2D eigenvalue weighted by molar-refractivity contribution is -0.117. The Labute approximate surface area is 202 Å². The van der Waals surface area contributed by atoms with Gasteiger partial charge in [0, 0.05) is 11.1 Å². The quantitative estimate of drug-likeness (QED) is 0.295. The third-order valence-corrected chi connectivity index (χ3v) is 5.04. The lowest BCUT2D eigenvalue weighted by Crippen LogP contribution is -2.32. The molecule has 0 radical (unpaired) electrons. The number of carbonyl (C=O) groups excluding carboxylic acids is 2. The van der Waals surface area contributed by atoms with Gasteiger partial charge in [0.1, 0.15) is 17.2 Å². The first-order valence-electron chi connectivity index (χ1n) is 10.6. The van der Waals surface area contributed by atoms with Crippen LogP contribution in [0.4, 0.5) is 0 Å². The molecule has 0 saturated carbocycles. The van der Waals surface area contributed by atoms with Crippen molar-refractivity contribution in [3.8, 4) is 23.0 Å². The monoisotopic (exact) mass is 473 g/mol. The molecule has 0 aromatic heterocycles. The molecule has 0 spiro atoms. The number of carbonyl (C=O) groups is 2. The Morgan fingerprint density at radius 2 is 1.74 bits per heavy atom. The lowest BCUT2D eigenvalue weighted by atomic mass is 10.1. The fraction of sp³-hybridized carbons (Fsp3) is 0.115. The van der Waals surface area contributed by atoms with Gasteiger partial charge in [-0.15, -0.1) is 0 Å². The highest BCUT2D eigenvalue weighted by Crippen LogP contribution is 2.33. The third-order valence-electron chi connectivity index (χ3n) is 5.04. The van der Waals surface area contributed by atoms with Crippen molar-refractivity contribution < 1.29 is 28.5 Å². The van der Waals surface area contributed by atoms with Crippen molar-refractivity contribution >= 4 is 24.1 Å². The minimum atomic E-state index is -0.620. The molecule has 9 heteroatoms. The van der Waals surface area contributed by atoms with E-state index in [2.05, 4.69) is 15.8 Å². The Morgan fingerprint density at radius 3 is 2.51 bits per heavy atom. The van der Waals surface area contributed by atoms with Crippen LogP contribution in [0.5, 0.6) is 23.0 Å². The summed E-state index contributed by atoms with van der Waals surface area (Å²) in [5, 5.41) is 6.69. The number of hydrazone groups is 1. The summed E-state index contributed by atoms with van der Waals surface area (Å²) in [5.74, 6) is 1.26. The molecule has 1 aliphatic rings. The van der Waals surface area contributed by atoms with Crippen LogP contribution in [0.1, 0.15) is 21.5 Å². The Balaban J connectivity index is 1.57. The molecule has 3 aromatic carbocycles. The van der Waals surface area contributed by atoms with E-state index >= 15 is 0 Å². The number of fused-ring (bicyclic) bond motifs is 1. The van der Waals surface area contributed by atoms with Crippen molar-refractivity contribution in [2.75, 3.05) is 21.0 Å². The van der Waals surface area contributed by atoms with Crippen LogP contribution in [0.2, 0.25) is 0 Å². The van der Waals surface area contributed by atoms with Crippen LogP contribution in [-0.4, -0.2) is 39.0 Å². The van der Waals surface area contributed by atoms with Gasteiger partial charge in [-0.1, -0.05) is 24.3 Å². The topological polar surface area (TPSA) is 107 Å². The average molecular weight is 473 g/mol. The molecule has 9 nitrogen and oxygen atoms in total. The molecule has 3 aromatic rings. The SMILES string of the molecule is COc1ccc(OC)c(C=NNC(=O)C(=Cc2ccc3c(c2)OCO3)NC(=O)c2ccccc2)c1. The zero-order chi connectivity index (χ0) is 24.6. The summed E-state index contributed by atoms with van der Waals surface area (Å²) in [5.41, 5.74) is 4.07. The molecular formula is C26H23N3O6. The minimum Gasteiger partial charge on any atom is -0.497 e. The summed E-state index contributed by atoms with van der Waals surface area (Å²) in [6.07, 6.45) is 2.95. The first-order valence-corrected chi connectivity index (χ1v) is 10.6. The van der Waals surface area contributed by atoms with Gasteiger partial charge in [0.25, 0.3) is 11.8 Å². The van der Waals surface area contributed by atoms with Crippen molar-refractivity contribution in [1.29, 1.82) is 0 Å². The van der Waals surface area contributed by atoms with Gasteiger partial charge in [-0.2, -0.15) is 5.10 Å². The van der Waals surface area contributed by atoms with Gasteiger partial charge in [-0.3, -0.25) is 9.59 Å². The van der Waals surface area contributed by atoms with Gasteiger partial charge in [0.2, 0.25) is 6.79 Å². The second kappa shape index (κ2) is 10.9. The highest BCUT2D eigenvalue weighted by atomic mass is 16.7. The standard InChI is InChI=1S/C26H23N3O6/c1-32-20-9-11-22(33-2)19(14-20)15-27-29-26(31)21(28-25(30)18-6-4-3-5-7-18)12-17-8-10-23-24(13-17)35-16-34-23/h3-15H,16H2,1-2H3,(H,28,30)(H,29,31). The second-order valence-electron chi connectivity index (χ2n) is 7.30. The van der Waals surface area contributed by atoms with Crippen molar-refractivity contribution in [2.45, 2.75) is 0 Å². The number of methoxy groups -OCH3 is 2. The molecule has 4 rings (SSSR count). The number of ether oxygens (including phenoxy) is 4. The number of rotatable bonds is 8. The Kier molecular flexibility index (Phi) is 7.27. The summed E-state index contributed by atoms with van der Waals surface area (Å²) in [4.78, 5) is 25.7. The van der Waals surface area contributed by atoms with Crippen LogP contribution < -0.4 is 29.7 Å². The van der Waals surface area contributed by atoms with Gasteiger partial charge < -0.3 is 24.3 Å². The number of nitrogens with zero attached hydrogens (tertiary/aromatic N) is 1. The Hall–Kier alpha value is -4.79. The van der Waals surface area contributed by atoms with Gasteiger partial charge in [-0.25, -0.2) is 5.43 Å². The van der Waals surface area contributed by atoms with E-state index in [0.717, 1.165) is 0 Å². The second-order valence-corrected chi connectivity index (χ2v) is 7.30. The van der Waals surface area contributed by atoms with Gasteiger partial charge in [0.05, 0.1) is 20.4 Å². The van der Waals surface area contributed by atoms with Crippen LogP contribution in [0, 0.1) is 0 Å². The zero-order valence-electron chi connectivity index (χ0n) is 19.1. The fourth-order valence-corrected chi connectivity index (χ4v) is 3.27. The van der Waals surface area contributed by atoms with Crippen molar-refractivity contribution in [3.05, 3.63) is 89.1 Å². The highest BCUT2D eigenvalue weighted by molar-refractivity contribution is 6.05. The molecule has 35 heavy (non-hydrogen) atoms. The molecule has 1 heterocycles. The maximum absolute atomic E-state index is 13.0. The van der Waals surface area contributed by atoms with Gasteiger partial charge in [0.15, 0.2) is 11.5 Å². The molecule has 0 unspecified atom stereocenters. The van der Waals surface area contributed by atoms with E-state index in [4.69, 9.17) is 18.9 Å². The minimum absolute atomic E-state index is 0.00697. The predicted molar refractivity (Wildman–Crippen MR) is 130 cm³/mol. The summed E-state index contributed by atoms with van der Waals surface area (Å²) < 4.78 is 21.3. The number of hydrogen-bond donors (Lipinski definition) is 2. The van der Waals surface area contributed by atoms with E-state index in [0.29, 0.717) is 39.7 Å². The average Bonchev–Trinajstić information content (AvgIpc) is 3.36. The van der Waals surface area contributed by atoms with Crippen LogP contribution in [-0.2, 0) is 4.79 Å². The smallest absolute Gasteiger partial charge is 0.287 e. The maximum Gasteiger partial charge on any atom is 0.287 e. The Bertz CT molecular complexity index is 1290. The number of amides is 2. The number of benzene rings is 3. The molecular weight excluding hydrogens is 450 g/mol. The highest BCUT2D eigenvalue weighted by Gasteiger charge is 2.17. The third kappa shape index (κ3) is 5.77. The van der Waals surface area contributed by atoms with E-state index in [1.165, 1.54) is 19.4 Å². The van der Waals surface area contributed by atoms with E-state index in [-0.39, 0.29) is 12.5 Å². The molecule has 2 amide bonds. The molecule has 178 valence electrons. The van der Waals surface area contributed by atoms with Crippen molar-refractivity contribution in [2.24, 2.45) is 5.10 Å². The molecule has 0 bridgehead atoms. The molecule has 0 fully saturated rings. The van der Waals surface area contributed by atoms with Gasteiger partial charge >= 0.3 is 0 Å². The molecule has 0 saturated heterocycles. The fourth-order valence-electron chi connectivity index (χ4n) is 3.27. The van der Waals surface area contributed by atoms with E-state index in [1.54, 1.807) is 73.8 Å². The zero-order valence-corrected chi connectivity index (χ0v) is 19.1. The van der Waals surface area contributed by atoms with Crippen molar-refractivity contribution in [1.82, 2.24) is 10.7 Å². The summed E-state index contributed by atoms with van der Waals surface area (Å²) in [6.45, 7) is 0.128. The largest absolute Gasteiger partial charge is 0.497 e. The summed E-state index contributed by atoms with van der Waals surface area (Å²) in [6, 6.07) is 19.0. The van der Waals surface area contributed by atoms with E-state index < -0.39 is 11.8 Å². The normalized spacial score (nSPS) is 12.3. The van der Waals surface area contributed by atoms with Crippen LogP contribution in [0.15, 0.2) is 77.5 Å². The van der Waals surface area contributed by atoms with E-state index in [9.17, 15) is 9.59 Å². The Morgan fingerprint density at radius 1 is 0.943 bits per heavy atom. The summed E-state index contributed by atoms with van der Waals surface area (Å²) in [7, 11) is 3.08. The lowest BCUT2D eigenvalue weighted by Gasteiger charge is -2.10. The summed E-state index contributed by atoms with van der Waals surface area (Å²) >= 11 is 0. The molecule has 2 N–H and O–H groups in total. The van der Waals surface area contributed by atoms with Gasteiger partial charge in [-0.05, 0) is 54.1 Å². The first-order chi connectivity index (χ1) is 17.1. The van der Waals surface area contributed by atoms with Crippen LogP contribution in [0.25, 0.3) is 6.08 Å². The molecule has 1 aliphatic heterocycles.